The number of nitrogens with zero attached hydrogens (tertiary/aromatic N) is 1. The average molecular weight is 334 g/mol. The largest absolute Gasteiger partial charge is 0.378 e. The molecule has 1 aliphatic heterocycles. The van der Waals surface area contributed by atoms with Gasteiger partial charge in [-0.05, 0) is 37.1 Å². The predicted molar refractivity (Wildman–Crippen MR) is 94.5 cm³/mol. The normalized spacial score (nSPS) is 14.2. The Balaban J connectivity index is 1.85. The Hall–Kier alpha value is -2.28. The Bertz CT molecular complexity index is 571. The van der Waals surface area contributed by atoms with Gasteiger partial charge in [0, 0.05) is 31.0 Å². The Morgan fingerprint density at radius 1 is 1.21 bits per heavy atom. The van der Waals surface area contributed by atoms with Gasteiger partial charge in [0.2, 0.25) is 5.91 Å². The third-order valence-corrected chi connectivity index (χ3v) is 3.82. The Labute approximate surface area is 142 Å². The molecule has 0 aromatic heterocycles. The lowest BCUT2D eigenvalue weighted by Gasteiger charge is -2.29. The molecular weight excluding hydrogens is 308 g/mol. The van der Waals surface area contributed by atoms with E-state index in [1.807, 2.05) is 26.0 Å². The Kier molecular flexibility index (Phi) is 6.87. The highest BCUT2D eigenvalue weighted by molar-refractivity contribution is 5.93. The first-order valence-corrected chi connectivity index (χ1v) is 8.35. The van der Waals surface area contributed by atoms with Crippen molar-refractivity contribution in [3.05, 3.63) is 23.8 Å². The highest BCUT2D eigenvalue weighted by Crippen LogP contribution is 2.23. The number of carbonyl (C=O) groups is 2. The van der Waals surface area contributed by atoms with Crippen LogP contribution in [0.25, 0.3) is 0 Å². The molecule has 24 heavy (non-hydrogen) atoms. The Morgan fingerprint density at radius 2 is 1.96 bits per heavy atom. The van der Waals surface area contributed by atoms with E-state index in [2.05, 4.69) is 26.9 Å². The number of urea groups is 1. The number of aryl methyl sites for hydroxylation is 1. The van der Waals surface area contributed by atoms with Crippen molar-refractivity contribution >= 4 is 23.3 Å². The summed E-state index contributed by atoms with van der Waals surface area (Å²) in [4.78, 5) is 25.6. The van der Waals surface area contributed by atoms with E-state index < -0.39 is 0 Å². The van der Waals surface area contributed by atoms with Gasteiger partial charge in [-0.2, -0.15) is 0 Å². The van der Waals surface area contributed by atoms with Gasteiger partial charge in [-0.3, -0.25) is 4.79 Å². The van der Waals surface area contributed by atoms with Crippen LogP contribution >= 0.6 is 0 Å². The molecule has 0 radical (unpaired) electrons. The zero-order chi connectivity index (χ0) is 17.4. The maximum atomic E-state index is 11.9. The number of morpholine rings is 1. The molecule has 3 amide bonds. The first-order valence-electron chi connectivity index (χ1n) is 8.35. The number of carbonyl (C=O) groups excluding carboxylic acids is 2. The molecule has 0 saturated carbocycles. The van der Waals surface area contributed by atoms with E-state index in [1.165, 1.54) is 0 Å². The van der Waals surface area contributed by atoms with Crippen LogP contribution in [0.5, 0.6) is 0 Å². The van der Waals surface area contributed by atoms with Crippen molar-refractivity contribution in [3.8, 4) is 0 Å². The van der Waals surface area contributed by atoms with Crippen LogP contribution in [0, 0.1) is 6.92 Å². The number of hydrogen-bond donors (Lipinski definition) is 3. The first-order chi connectivity index (χ1) is 11.6. The fraction of sp³-hybridized carbons (Fsp3) is 0.529. The number of benzene rings is 1. The molecule has 3 N–H and O–H groups in total. The van der Waals surface area contributed by atoms with Crippen LogP contribution in [0.1, 0.15) is 18.9 Å². The summed E-state index contributed by atoms with van der Waals surface area (Å²) in [6, 6.07) is 5.54. The summed E-state index contributed by atoms with van der Waals surface area (Å²) in [6.45, 7) is 7.74. The fourth-order valence-corrected chi connectivity index (χ4v) is 2.46. The van der Waals surface area contributed by atoms with Crippen molar-refractivity contribution in [1.29, 1.82) is 0 Å². The van der Waals surface area contributed by atoms with Gasteiger partial charge in [-0.15, -0.1) is 0 Å². The molecule has 1 aromatic carbocycles. The van der Waals surface area contributed by atoms with Crippen molar-refractivity contribution in [2.24, 2.45) is 0 Å². The van der Waals surface area contributed by atoms with Gasteiger partial charge in [0.25, 0.3) is 0 Å². The van der Waals surface area contributed by atoms with Crippen LogP contribution in [-0.4, -0.2) is 51.3 Å². The summed E-state index contributed by atoms with van der Waals surface area (Å²) in [5, 5.41) is 8.04. The second-order valence-corrected chi connectivity index (χ2v) is 5.76. The molecule has 7 nitrogen and oxygen atoms in total. The SMILES string of the molecule is CCCNC(=O)CNC(=O)Nc1ccc(N2CCOCC2)cc1C. The minimum absolute atomic E-state index is 0.0310. The van der Waals surface area contributed by atoms with Crippen molar-refractivity contribution in [3.63, 3.8) is 0 Å². The monoisotopic (exact) mass is 334 g/mol. The topological polar surface area (TPSA) is 82.7 Å². The summed E-state index contributed by atoms with van der Waals surface area (Å²) in [6.07, 6.45) is 0.868. The van der Waals surface area contributed by atoms with Gasteiger partial charge < -0.3 is 25.6 Å². The first kappa shape index (κ1) is 18.1. The molecule has 0 atom stereocenters. The lowest BCUT2D eigenvalue weighted by molar-refractivity contribution is -0.120. The van der Waals surface area contributed by atoms with Crippen LogP contribution in [-0.2, 0) is 9.53 Å². The Morgan fingerprint density at radius 3 is 2.62 bits per heavy atom. The molecule has 1 aromatic rings. The van der Waals surface area contributed by atoms with Crippen molar-refractivity contribution in [2.45, 2.75) is 20.3 Å². The second-order valence-electron chi connectivity index (χ2n) is 5.76. The molecule has 1 saturated heterocycles. The summed E-state index contributed by atoms with van der Waals surface area (Å²) in [5.74, 6) is -0.189. The maximum Gasteiger partial charge on any atom is 0.319 e. The zero-order valence-corrected chi connectivity index (χ0v) is 14.4. The minimum atomic E-state index is -0.385. The molecule has 7 heteroatoms. The number of hydrogen-bond acceptors (Lipinski definition) is 4. The van der Waals surface area contributed by atoms with Crippen LogP contribution in [0.4, 0.5) is 16.2 Å². The van der Waals surface area contributed by atoms with E-state index in [4.69, 9.17) is 4.74 Å². The number of rotatable bonds is 6. The van der Waals surface area contributed by atoms with E-state index in [-0.39, 0.29) is 18.5 Å². The fourth-order valence-electron chi connectivity index (χ4n) is 2.46. The number of nitrogens with one attached hydrogen (secondary N) is 3. The molecule has 1 heterocycles. The van der Waals surface area contributed by atoms with Crippen LogP contribution < -0.4 is 20.9 Å². The molecule has 0 aliphatic carbocycles. The van der Waals surface area contributed by atoms with Gasteiger partial charge >= 0.3 is 6.03 Å². The smallest absolute Gasteiger partial charge is 0.319 e. The quantitative estimate of drug-likeness (QED) is 0.736. The van der Waals surface area contributed by atoms with Gasteiger partial charge in [0.1, 0.15) is 0 Å². The number of ether oxygens (including phenoxy) is 1. The number of amides is 3. The van der Waals surface area contributed by atoms with E-state index in [0.717, 1.165) is 49.7 Å². The van der Waals surface area contributed by atoms with E-state index in [1.54, 1.807) is 0 Å². The van der Waals surface area contributed by atoms with Crippen molar-refractivity contribution < 1.29 is 14.3 Å². The average Bonchev–Trinajstić information content (AvgIpc) is 2.60. The molecule has 1 aliphatic rings. The molecule has 0 unspecified atom stereocenters. The standard InChI is InChI=1S/C17H26N4O3/c1-3-6-18-16(22)12-19-17(23)20-15-5-4-14(11-13(15)2)21-7-9-24-10-8-21/h4-5,11H,3,6-10,12H2,1-2H3,(H,18,22)(H2,19,20,23). The molecule has 1 fully saturated rings. The summed E-state index contributed by atoms with van der Waals surface area (Å²) in [7, 11) is 0. The molecule has 0 spiro atoms. The molecule has 0 bridgehead atoms. The van der Waals surface area contributed by atoms with E-state index >= 15 is 0 Å². The highest BCUT2D eigenvalue weighted by atomic mass is 16.5. The maximum absolute atomic E-state index is 11.9. The van der Waals surface area contributed by atoms with Gasteiger partial charge in [0.15, 0.2) is 0 Å². The van der Waals surface area contributed by atoms with E-state index in [9.17, 15) is 9.59 Å². The van der Waals surface area contributed by atoms with Crippen molar-refractivity contribution in [1.82, 2.24) is 10.6 Å². The lowest BCUT2D eigenvalue weighted by atomic mass is 10.1. The third kappa shape index (κ3) is 5.42. The third-order valence-electron chi connectivity index (χ3n) is 3.82. The van der Waals surface area contributed by atoms with Gasteiger partial charge in [-0.25, -0.2) is 4.79 Å². The van der Waals surface area contributed by atoms with Gasteiger partial charge in [-0.1, -0.05) is 6.92 Å². The van der Waals surface area contributed by atoms with Crippen LogP contribution in [0.3, 0.4) is 0 Å². The highest BCUT2D eigenvalue weighted by Gasteiger charge is 2.13. The number of anilines is 2. The van der Waals surface area contributed by atoms with Gasteiger partial charge in [0.05, 0.1) is 19.8 Å². The summed E-state index contributed by atoms with van der Waals surface area (Å²) in [5.41, 5.74) is 2.84. The minimum Gasteiger partial charge on any atom is -0.378 e. The summed E-state index contributed by atoms with van der Waals surface area (Å²) >= 11 is 0. The summed E-state index contributed by atoms with van der Waals surface area (Å²) < 4.78 is 5.36. The lowest BCUT2D eigenvalue weighted by Crippen LogP contribution is -2.39. The van der Waals surface area contributed by atoms with Crippen molar-refractivity contribution in [2.75, 3.05) is 49.6 Å². The molecule has 132 valence electrons. The molecular formula is C17H26N4O3. The zero-order valence-electron chi connectivity index (χ0n) is 14.4. The second kappa shape index (κ2) is 9.12. The van der Waals surface area contributed by atoms with Crippen LogP contribution in [0.15, 0.2) is 18.2 Å². The predicted octanol–water partition coefficient (Wildman–Crippen LogP) is 1.48. The van der Waals surface area contributed by atoms with E-state index in [0.29, 0.717) is 6.54 Å². The molecule has 2 rings (SSSR count). The van der Waals surface area contributed by atoms with Crippen LogP contribution in [0.2, 0.25) is 0 Å².